The Balaban J connectivity index is 0.000000451. The second kappa shape index (κ2) is 10.7. The highest BCUT2D eigenvalue weighted by atomic mass is 19.4. The summed E-state index contributed by atoms with van der Waals surface area (Å²) in [6.45, 7) is 0.245. The van der Waals surface area contributed by atoms with Gasteiger partial charge in [-0.1, -0.05) is 18.2 Å². The SMILES string of the molecule is COc1ccccc1CNC(=O)c1cc(-c2ccncc2)n[nH]c1=O.O=C(O)C(F)(F)F. The van der Waals surface area contributed by atoms with Gasteiger partial charge in [-0.15, -0.1) is 0 Å². The zero-order valence-electron chi connectivity index (χ0n) is 16.5. The van der Waals surface area contributed by atoms with Crippen molar-refractivity contribution in [1.29, 1.82) is 0 Å². The summed E-state index contributed by atoms with van der Waals surface area (Å²) in [7, 11) is 1.56. The second-order valence-corrected chi connectivity index (χ2v) is 6.03. The number of aliphatic carboxylic acids is 1. The molecule has 0 saturated heterocycles. The van der Waals surface area contributed by atoms with Gasteiger partial charge in [-0.25, -0.2) is 9.89 Å². The lowest BCUT2D eigenvalue weighted by Gasteiger charge is -2.09. The third-order valence-corrected chi connectivity index (χ3v) is 3.90. The fourth-order valence-corrected chi connectivity index (χ4v) is 2.36. The summed E-state index contributed by atoms with van der Waals surface area (Å²) in [6.07, 6.45) is -1.85. The molecule has 0 aliphatic rings. The summed E-state index contributed by atoms with van der Waals surface area (Å²) in [6, 6.07) is 12.3. The Morgan fingerprint density at radius 1 is 1.16 bits per heavy atom. The van der Waals surface area contributed by atoms with Crippen LogP contribution in [0.1, 0.15) is 15.9 Å². The van der Waals surface area contributed by atoms with Gasteiger partial charge in [0.05, 0.1) is 12.8 Å². The van der Waals surface area contributed by atoms with Crippen LogP contribution in [0, 0.1) is 0 Å². The van der Waals surface area contributed by atoms with Crippen molar-refractivity contribution in [3.05, 3.63) is 76.3 Å². The largest absolute Gasteiger partial charge is 0.496 e. The highest BCUT2D eigenvalue weighted by Crippen LogP contribution is 2.17. The molecule has 0 bridgehead atoms. The van der Waals surface area contributed by atoms with Gasteiger partial charge in [-0.3, -0.25) is 14.6 Å². The average Bonchev–Trinajstić information content (AvgIpc) is 2.78. The number of hydrogen-bond donors (Lipinski definition) is 3. The van der Waals surface area contributed by atoms with Crippen LogP contribution in [-0.2, 0) is 11.3 Å². The van der Waals surface area contributed by atoms with Gasteiger partial charge >= 0.3 is 12.1 Å². The summed E-state index contributed by atoms with van der Waals surface area (Å²) >= 11 is 0. The van der Waals surface area contributed by atoms with Crippen molar-refractivity contribution < 1.29 is 32.6 Å². The number of carbonyl (C=O) groups excluding carboxylic acids is 1. The molecule has 12 heteroatoms. The summed E-state index contributed by atoms with van der Waals surface area (Å²) in [4.78, 5) is 37.2. The number of benzene rings is 1. The molecular weight excluding hydrogens is 433 g/mol. The number of rotatable bonds is 5. The maximum absolute atomic E-state index is 12.4. The second-order valence-electron chi connectivity index (χ2n) is 6.03. The Morgan fingerprint density at radius 3 is 2.38 bits per heavy atom. The molecule has 9 nitrogen and oxygen atoms in total. The van der Waals surface area contributed by atoms with Crippen molar-refractivity contribution in [3.8, 4) is 17.0 Å². The number of nitrogens with one attached hydrogen (secondary N) is 2. The van der Waals surface area contributed by atoms with Crippen LogP contribution in [0.5, 0.6) is 5.75 Å². The molecule has 1 amide bonds. The van der Waals surface area contributed by atoms with E-state index in [0.29, 0.717) is 11.4 Å². The number of hydrogen-bond acceptors (Lipinski definition) is 6. The highest BCUT2D eigenvalue weighted by Gasteiger charge is 2.38. The quantitative estimate of drug-likeness (QED) is 0.543. The lowest BCUT2D eigenvalue weighted by Crippen LogP contribution is -2.29. The number of pyridine rings is 1. The van der Waals surface area contributed by atoms with Crippen molar-refractivity contribution in [2.24, 2.45) is 0 Å². The molecule has 168 valence electrons. The molecule has 0 atom stereocenters. The Morgan fingerprint density at radius 2 is 1.78 bits per heavy atom. The Labute approximate surface area is 178 Å². The van der Waals surface area contributed by atoms with Gasteiger partial charge in [0.2, 0.25) is 0 Å². The minimum Gasteiger partial charge on any atom is -0.496 e. The monoisotopic (exact) mass is 450 g/mol. The van der Waals surface area contributed by atoms with E-state index in [1.807, 2.05) is 24.3 Å². The van der Waals surface area contributed by atoms with Crippen molar-refractivity contribution >= 4 is 11.9 Å². The maximum Gasteiger partial charge on any atom is 0.490 e. The van der Waals surface area contributed by atoms with Gasteiger partial charge in [-0.05, 0) is 24.3 Å². The molecule has 2 aromatic heterocycles. The van der Waals surface area contributed by atoms with Crippen molar-refractivity contribution in [2.75, 3.05) is 7.11 Å². The van der Waals surface area contributed by atoms with Gasteiger partial charge in [0.25, 0.3) is 11.5 Å². The lowest BCUT2D eigenvalue weighted by atomic mass is 10.1. The fraction of sp³-hybridized carbons (Fsp3) is 0.150. The average molecular weight is 450 g/mol. The number of aromatic amines is 1. The first-order chi connectivity index (χ1) is 15.1. The number of ether oxygens (including phenoxy) is 1. The number of carboxylic acids is 1. The molecule has 0 aliphatic carbocycles. The first-order valence-electron chi connectivity index (χ1n) is 8.83. The third-order valence-electron chi connectivity index (χ3n) is 3.90. The Kier molecular flexibility index (Phi) is 8.04. The molecule has 3 aromatic rings. The van der Waals surface area contributed by atoms with E-state index >= 15 is 0 Å². The lowest BCUT2D eigenvalue weighted by molar-refractivity contribution is -0.192. The first kappa shape index (κ1) is 24.1. The number of halogens is 3. The zero-order chi connectivity index (χ0) is 23.7. The highest BCUT2D eigenvalue weighted by molar-refractivity contribution is 5.94. The van der Waals surface area contributed by atoms with Crippen LogP contribution < -0.4 is 15.6 Å². The van der Waals surface area contributed by atoms with E-state index < -0.39 is 23.6 Å². The van der Waals surface area contributed by atoms with Crippen LogP contribution in [0.15, 0.2) is 59.7 Å². The number of H-pyrrole nitrogens is 1. The van der Waals surface area contributed by atoms with E-state index in [2.05, 4.69) is 20.5 Å². The molecule has 0 aliphatic heterocycles. The van der Waals surface area contributed by atoms with E-state index in [1.54, 1.807) is 31.6 Å². The van der Waals surface area contributed by atoms with E-state index in [1.165, 1.54) is 6.07 Å². The predicted octanol–water partition coefficient (Wildman–Crippen LogP) is 2.40. The van der Waals surface area contributed by atoms with E-state index in [-0.39, 0.29) is 12.1 Å². The number of methoxy groups -OCH3 is 1. The molecule has 2 heterocycles. The fourth-order valence-electron chi connectivity index (χ4n) is 2.36. The van der Waals surface area contributed by atoms with Gasteiger partial charge in [0.1, 0.15) is 11.3 Å². The molecule has 0 saturated carbocycles. The van der Waals surface area contributed by atoms with Gasteiger partial charge in [-0.2, -0.15) is 18.3 Å². The van der Waals surface area contributed by atoms with Crippen molar-refractivity contribution in [3.63, 3.8) is 0 Å². The zero-order valence-corrected chi connectivity index (χ0v) is 16.5. The smallest absolute Gasteiger partial charge is 0.490 e. The number of aromatic nitrogens is 3. The number of carbonyl (C=O) groups is 2. The minimum atomic E-state index is -5.08. The van der Waals surface area contributed by atoms with Crippen molar-refractivity contribution in [2.45, 2.75) is 12.7 Å². The van der Waals surface area contributed by atoms with Crippen LogP contribution in [0.25, 0.3) is 11.3 Å². The van der Waals surface area contributed by atoms with Gasteiger partial charge < -0.3 is 15.2 Å². The Hall–Kier alpha value is -4.22. The molecular formula is C20H17F3N4O5. The Bertz CT molecular complexity index is 1130. The van der Waals surface area contributed by atoms with Crippen LogP contribution >= 0.6 is 0 Å². The summed E-state index contributed by atoms with van der Waals surface area (Å²) < 4.78 is 37.0. The number of para-hydroxylation sites is 1. The minimum absolute atomic E-state index is 0.00305. The molecule has 3 N–H and O–H groups in total. The maximum atomic E-state index is 12.4. The summed E-state index contributed by atoms with van der Waals surface area (Å²) in [5, 5.41) is 16.2. The molecule has 0 unspecified atom stereocenters. The molecule has 32 heavy (non-hydrogen) atoms. The van der Waals surface area contributed by atoms with Crippen molar-refractivity contribution in [1.82, 2.24) is 20.5 Å². The molecule has 0 fully saturated rings. The van der Waals surface area contributed by atoms with Crippen LogP contribution in [0.2, 0.25) is 0 Å². The number of alkyl halides is 3. The topological polar surface area (TPSA) is 134 Å². The van der Waals surface area contributed by atoms with Crippen LogP contribution in [0.4, 0.5) is 13.2 Å². The number of amides is 1. The number of carboxylic acid groups (broad SMARTS) is 1. The van der Waals surface area contributed by atoms with Crippen LogP contribution in [-0.4, -0.2) is 45.5 Å². The van der Waals surface area contributed by atoms with Gasteiger partial charge in [0, 0.05) is 30.1 Å². The summed E-state index contributed by atoms with van der Waals surface area (Å²) in [5.74, 6) is -2.57. The molecule has 1 aromatic carbocycles. The van der Waals surface area contributed by atoms with E-state index in [0.717, 1.165) is 11.1 Å². The third kappa shape index (κ3) is 6.65. The van der Waals surface area contributed by atoms with Crippen LogP contribution in [0.3, 0.4) is 0 Å². The summed E-state index contributed by atoms with van der Waals surface area (Å²) in [5.41, 5.74) is 1.51. The molecule has 0 spiro atoms. The normalized spacial score (nSPS) is 10.5. The van der Waals surface area contributed by atoms with Gasteiger partial charge in [0.15, 0.2) is 0 Å². The number of nitrogens with zero attached hydrogens (tertiary/aromatic N) is 2. The van der Waals surface area contributed by atoms with E-state index in [4.69, 9.17) is 14.6 Å². The molecule has 0 radical (unpaired) electrons. The van der Waals surface area contributed by atoms with E-state index in [9.17, 15) is 22.8 Å². The first-order valence-corrected chi connectivity index (χ1v) is 8.83. The predicted molar refractivity (Wildman–Crippen MR) is 106 cm³/mol. The molecule has 3 rings (SSSR count). The standard InChI is InChI=1S/C18H16N4O3.C2HF3O2/c1-25-16-5-3-2-4-13(16)11-20-17(23)14-10-15(21-22-18(14)24)12-6-8-19-9-7-12;3-2(4,5)1(6)7/h2-10H,11H2,1H3,(H,20,23)(H,22,24);(H,6,7).